The van der Waals surface area contributed by atoms with Crippen LogP contribution < -0.4 is 5.73 Å². The number of carbonyl (C=O) groups is 1. The maximum atomic E-state index is 10.7. The molecule has 0 bridgehead atoms. The van der Waals surface area contributed by atoms with E-state index in [1.807, 2.05) is 12.3 Å². The van der Waals surface area contributed by atoms with Crippen LogP contribution in [0.2, 0.25) is 0 Å². The highest BCUT2D eigenvalue weighted by molar-refractivity contribution is 5.76. The molecule has 0 amide bonds. The van der Waals surface area contributed by atoms with E-state index >= 15 is 0 Å². The van der Waals surface area contributed by atoms with Gasteiger partial charge >= 0.3 is 0 Å². The predicted molar refractivity (Wildman–Crippen MR) is 43.0 cm³/mol. The van der Waals surface area contributed by atoms with E-state index in [2.05, 4.69) is 4.98 Å². The number of Topliss-reactive ketones (excluding diaryl/α,β-unsaturated/α-hetero) is 1. The summed E-state index contributed by atoms with van der Waals surface area (Å²) < 4.78 is 0. The molecule has 3 heteroatoms. The molecule has 1 heterocycles. The van der Waals surface area contributed by atoms with Crippen LogP contribution in [0.4, 0.5) is 0 Å². The van der Waals surface area contributed by atoms with Gasteiger partial charge in [0.2, 0.25) is 0 Å². The second-order valence-electron chi connectivity index (χ2n) is 2.66. The van der Waals surface area contributed by atoms with E-state index in [0.29, 0.717) is 6.42 Å². The zero-order valence-electron chi connectivity index (χ0n) is 6.50. The van der Waals surface area contributed by atoms with Gasteiger partial charge in [0.25, 0.3) is 0 Å². The summed E-state index contributed by atoms with van der Waals surface area (Å²) in [5.74, 6) is 0.124. The predicted octanol–water partition coefficient (Wildman–Crippen LogP) is 0.994. The zero-order valence-corrected chi connectivity index (χ0v) is 6.50. The number of hydrogen-bond donors (Lipinski definition) is 2. The zero-order chi connectivity index (χ0) is 8.27. The summed E-state index contributed by atoms with van der Waals surface area (Å²) in [6.07, 6.45) is 4.03. The molecule has 0 radical (unpaired) electrons. The number of carbonyl (C=O) groups excluding carboxylic acids is 1. The molecule has 0 spiro atoms. The van der Waals surface area contributed by atoms with Crippen LogP contribution in [0.5, 0.6) is 0 Å². The van der Waals surface area contributed by atoms with Gasteiger partial charge in [0.15, 0.2) is 0 Å². The largest absolute Gasteiger partial charge is 0.367 e. The Bertz CT molecular complexity index is 228. The van der Waals surface area contributed by atoms with Crippen molar-refractivity contribution < 1.29 is 4.79 Å². The molecule has 60 valence electrons. The van der Waals surface area contributed by atoms with E-state index in [1.54, 1.807) is 13.1 Å². The van der Waals surface area contributed by atoms with Crippen molar-refractivity contribution in [2.24, 2.45) is 5.73 Å². The molecule has 1 unspecified atom stereocenters. The number of H-pyrrole nitrogens is 1. The standard InChI is InChI=1S/C8H12N2O/c1-6(11)4-8(9)7-2-3-10-5-7/h2-3,5,8,10H,4,9H2,1H3. The van der Waals surface area contributed by atoms with Gasteiger partial charge in [0.05, 0.1) is 0 Å². The molecule has 3 N–H and O–H groups in total. The first-order valence-corrected chi connectivity index (χ1v) is 3.58. The topological polar surface area (TPSA) is 58.9 Å². The lowest BCUT2D eigenvalue weighted by Crippen LogP contribution is -2.12. The number of hydrogen-bond acceptors (Lipinski definition) is 2. The van der Waals surface area contributed by atoms with E-state index in [9.17, 15) is 4.79 Å². The van der Waals surface area contributed by atoms with Gasteiger partial charge in [-0.1, -0.05) is 0 Å². The third-order valence-electron chi connectivity index (χ3n) is 1.56. The van der Waals surface area contributed by atoms with Gasteiger partial charge in [-0.15, -0.1) is 0 Å². The lowest BCUT2D eigenvalue weighted by molar-refractivity contribution is -0.117. The number of rotatable bonds is 3. The molecule has 0 aliphatic heterocycles. The highest BCUT2D eigenvalue weighted by Gasteiger charge is 2.07. The molecule has 1 atom stereocenters. The van der Waals surface area contributed by atoms with Crippen LogP contribution in [0.15, 0.2) is 18.5 Å². The molecule has 0 fully saturated rings. The summed E-state index contributed by atoms with van der Waals surface area (Å²) in [6.45, 7) is 1.55. The Balaban J connectivity index is 2.56. The van der Waals surface area contributed by atoms with Crippen LogP contribution in [-0.2, 0) is 4.79 Å². The minimum absolute atomic E-state index is 0.124. The highest BCUT2D eigenvalue weighted by Crippen LogP contribution is 2.12. The van der Waals surface area contributed by atoms with Gasteiger partial charge in [-0.05, 0) is 18.6 Å². The Morgan fingerprint density at radius 3 is 3.00 bits per heavy atom. The van der Waals surface area contributed by atoms with Crippen molar-refractivity contribution >= 4 is 5.78 Å². The van der Waals surface area contributed by atoms with E-state index in [4.69, 9.17) is 5.73 Å². The average molecular weight is 152 g/mol. The molecule has 1 aromatic heterocycles. The normalized spacial score (nSPS) is 12.9. The van der Waals surface area contributed by atoms with Crippen molar-refractivity contribution in [2.75, 3.05) is 0 Å². The summed E-state index contributed by atoms with van der Waals surface area (Å²) in [5.41, 5.74) is 6.69. The molecule has 0 saturated heterocycles. The molecule has 0 aliphatic carbocycles. The number of aromatic amines is 1. The van der Waals surface area contributed by atoms with E-state index in [-0.39, 0.29) is 11.8 Å². The van der Waals surface area contributed by atoms with Crippen LogP contribution in [0.1, 0.15) is 24.9 Å². The molecular weight excluding hydrogens is 140 g/mol. The Morgan fingerprint density at radius 1 is 1.82 bits per heavy atom. The number of aromatic nitrogens is 1. The number of nitrogens with one attached hydrogen (secondary N) is 1. The minimum atomic E-state index is -0.154. The lowest BCUT2D eigenvalue weighted by Gasteiger charge is -2.05. The Labute approximate surface area is 65.6 Å². The van der Waals surface area contributed by atoms with Gasteiger partial charge in [0.1, 0.15) is 5.78 Å². The van der Waals surface area contributed by atoms with Crippen molar-refractivity contribution in [3.63, 3.8) is 0 Å². The molecular formula is C8H12N2O. The molecule has 0 aliphatic rings. The minimum Gasteiger partial charge on any atom is -0.367 e. The fraction of sp³-hybridized carbons (Fsp3) is 0.375. The fourth-order valence-corrected chi connectivity index (χ4v) is 0.995. The first kappa shape index (κ1) is 8.01. The summed E-state index contributed by atoms with van der Waals surface area (Å²) in [4.78, 5) is 13.6. The quantitative estimate of drug-likeness (QED) is 0.678. The van der Waals surface area contributed by atoms with Crippen molar-refractivity contribution in [2.45, 2.75) is 19.4 Å². The molecule has 3 nitrogen and oxygen atoms in total. The third-order valence-corrected chi connectivity index (χ3v) is 1.56. The number of ketones is 1. The monoisotopic (exact) mass is 152 g/mol. The van der Waals surface area contributed by atoms with Gasteiger partial charge in [0, 0.05) is 24.9 Å². The lowest BCUT2D eigenvalue weighted by atomic mass is 10.1. The molecule has 1 aromatic rings. The van der Waals surface area contributed by atoms with Gasteiger partial charge in [-0.2, -0.15) is 0 Å². The van der Waals surface area contributed by atoms with Crippen molar-refractivity contribution in [1.29, 1.82) is 0 Å². The Morgan fingerprint density at radius 2 is 2.55 bits per heavy atom. The molecule has 11 heavy (non-hydrogen) atoms. The van der Waals surface area contributed by atoms with Gasteiger partial charge < -0.3 is 10.7 Å². The van der Waals surface area contributed by atoms with Gasteiger partial charge in [-0.25, -0.2) is 0 Å². The Kier molecular flexibility index (Phi) is 2.44. The van der Waals surface area contributed by atoms with Crippen LogP contribution in [0.3, 0.4) is 0 Å². The third kappa shape index (κ3) is 2.20. The molecule has 0 saturated carbocycles. The first-order valence-electron chi connectivity index (χ1n) is 3.58. The smallest absolute Gasteiger partial charge is 0.131 e. The van der Waals surface area contributed by atoms with Crippen LogP contribution in [-0.4, -0.2) is 10.8 Å². The van der Waals surface area contributed by atoms with Crippen LogP contribution in [0.25, 0.3) is 0 Å². The van der Waals surface area contributed by atoms with Crippen LogP contribution in [0, 0.1) is 0 Å². The molecule has 1 rings (SSSR count). The second kappa shape index (κ2) is 3.34. The number of nitrogens with two attached hydrogens (primary N) is 1. The second-order valence-corrected chi connectivity index (χ2v) is 2.66. The summed E-state index contributed by atoms with van der Waals surface area (Å²) >= 11 is 0. The van der Waals surface area contributed by atoms with Gasteiger partial charge in [-0.3, -0.25) is 4.79 Å². The maximum absolute atomic E-state index is 10.7. The fourth-order valence-electron chi connectivity index (χ4n) is 0.995. The highest BCUT2D eigenvalue weighted by atomic mass is 16.1. The van der Waals surface area contributed by atoms with Crippen molar-refractivity contribution in [3.05, 3.63) is 24.0 Å². The van der Waals surface area contributed by atoms with Crippen LogP contribution >= 0.6 is 0 Å². The van der Waals surface area contributed by atoms with Crippen molar-refractivity contribution in [1.82, 2.24) is 4.98 Å². The van der Waals surface area contributed by atoms with E-state index in [1.165, 1.54) is 0 Å². The van der Waals surface area contributed by atoms with Crippen molar-refractivity contribution in [3.8, 4) is 0 Å². The molecule has 0 aromatic carbocycles. The van der Waals surface area contributed by atoms with E-state index in [0.717, 1.165) is 5.56 Å². The average Bonchev–Trinajstić information content (AvgIpc) is 2.35. The maximum Gasteiger partial charge on any atom is 0.131 e. The summed E-state index contributed by atoms with van der Waals surface area (Å²) in [5, 5.41) is 0. The van der Waals surface area contributed by atoms with E-state index < -0.39 is 0 Å². The SMILES string of the molecule is CC(=O)CC(N)c1cc[nH]c1. The summed E-state index contributed by atoms with van der Waals surface area (Å²) in [7, 11) is 0. The first-order chi connectivity index (χ1) is 5.20. The summed E-state index contributed by atoms with van der Waals surface area (Å²) in [6, 6.07) is 1.73. The Hall–Kier alpha value is -1.09.